The quantitative estimate of drug-likeness (QED) is 0.754. The molecule has 0 amide bonds. The maximum absolute atomic E-state index is 4.64. The Bertz CT molecular complexity index is 819. The van der Waals surface area contributed by atoms with E-state index < -0.39 is 0 Å². The molecule has 3 aromatic rings. The van der Waals surface area contributed by atoms with Crippen LogP contribution in [0.2, 0.25) is 0 Å². The maximum Gasteiger partial charge on any atom is 0.180 e. The molecular weight excluding hydrogens is 298 g/mol. The van der Waals surface area contributed by atoms with E-state index in [9.17, 15) is 0 Å². The standard InChI is InChI=1S/C19H25N5/c1-14(2)11-21-18-19-20-9-10-24(19)17(12-22-18)16-8-6-5-7-15(16)13-23(3)4/h5-10,12,14H,11,13H2,1-4H3,(H,21,22). The lowest BCUT2D eigenvalue weighted by Crippen LogP contribution is -2.13. The van der Waals surface area contributed by atoms with Gasteiger partial charge in [-0.15, -0.1) is 0 Å². The van der Waals surface area contributed by atoms with Crippen molar-refractivity contribution in [2.45, 2.75) is 20.4 Å². The Labute approximate surface area is 143 Å². The van der Waals surface area contributed by atoms with Crippen molar-refractivity contribution < 1.29 is 0 Å². The van der Waals surface area contributed by atoms with Gasteiger partial charge in [0.05, 0.1) is 11.9 Å². The first-order valence-electron chi connectivity index (χ1n) is 8.35. The molecular formula is C19H25N5. The highest BCUT2D eigenvalue weighted by Crippen LogP contribution is 2.27. The van der Waals surface area contributed by atoms with Gasteiger partial charge in [-0.1, -0.05) is 38.1 Å². The van der Waals surface area contributed by atoms with Crippen molar-refractivity contribution in [3.63, 3.8) is 0 Å². The summed E-state index contributed by atoms with van der Waals surface area (Å²) in [5.41, 5.74) is 4.40. The van der Waals surface area contributed by atoms with E-state index in [4.69, 9.17) is 0 Å². The molecule has 5 heteroatoms. The second-order valence-corrected chi connectivity index (χ2v) is 6.78. The summed E-state index contributed by atoms with van der Waals surface area (Å²) in [4.78, 5) is 11.3. The van der Waals surface area contributed by atoms with E-state index in [2.05, 4.69) is 76.8 Å². The first-order valence-corrected chi connectivity index (χ1v) is 8.35. The number of hydrogen-bond acceptors (Lipinski definition) is 4. The Morgan fingerprint density at radius 2 is 1.96 bits per heavy atom. The summed E-state index contributed by atoms with van der Waals surface area (Å²) in [5.74, 6) is 1.39. The summed E-state index contributed by atoms with van der Waals surface area (Å²) in [6.07, 6.45) is 5.76. The number of anilines is 1. The van der Waals surface area contributed by atoms with Gasteiger partial charge in [0.2, 0.25) is 0 Å². The third-order valence-corrected chi connectivity index (χ3v) is 3.89. The highest BCUT2D eigenvalue weighted by Gasteiger charge is 2.13. The van der Waals surface area contributed by atoms with Gasteiger partial charge < -0.3 is 10.2 Å². The molecule has 24 heavy (non-hydrogen) atoms. The minimum absolute atomic E-state index is 0.558. The lowest BCUT2D eigenvalue weighted by molar-refractivity contribution is 0.403. The highest BCUT2D eigenvalue weighted by molar-refractivity contribution is 5.72. The molecule has 1 aromatic carbocycles. The van der Waals surface area contributed by atoms with Gasteiger partial charge in [0, 0.05) is 31.0 Å². The Morgan fingerprint density at radius 1 is 1.17 bits per heavy atom. The minimum atomic E-state index is 0.558. The topological polar surface area (TPSA) is 45.5 Å². The van der Waals surface area contributed by atoms with Crippen LogP contribution in [0.3, 0.4) is 0 Å². The number of hydrogen-bond donors (Lipinski definition) is 1. The molecule has 2 heterocycles. The smallest absolute Gasteiger partial charge is 0.180 e. The van der Waals surface area contributed by atoms with Crippen molar-refractivity contribution in [1.82, 2.24) is 19.3 Å². The second kappa shape index (κ2) is 7.01. The number of benzene rings is 1. The maximum atomic E-state index is 4.64. The second-order valence-electron chi connectivity index (χ2n) is 6.78. The molecule has 0 saturated heterocycles. The molecule has 0 saturated carbocycles. The molecule has 5 nitrogen and oxygen atoms in total. The Balaban J connectivity index is 2.06. The summed E-state index contributed by atoms with van der Waals surface area (Å²) < 4.78 is 2.12. The summed E-state index contributed by atoms with van der Waals surface area (Å²) in [6, 6.07) is 8.47. The van der Waals surface area contributed by atoms with Crippen LogP contribution >= 0.6 is 0 Å². The van der Waals surface area contributed by atoms with Crippen LogP contribution in [0.5, 0.6) is 0 Å². The molecule has 126 valence electrons. The minimum Gasteiger partial charge on any atom is -0.367 e. The molecule has 0 spiro atoms. The zero-order chi connectivity index (χ0) is 17.1. The molecule has 0 aliphatic carbocycles. The Hall–Kier alpha value is -2.40. The van der Waals surface area contributed by atoms with Crippen molar-refractivity contribution in [2.24, 2.45) is 5.92 Å². The number of imidazole rings is 1. The summed E-state index contributed by atoms with van der Waals surface area (Å²) in [6.45, 7) is 6.13. The molecule has 0 aliphatic rings. The number of fused-ring (bicyclic) bond motifs is 1. The molecule has 0 atom stereocenters. The highest BCUT2D eigenvalue weighted by atomic mass is 15.1. The largest absolute Gasteiger partial charge is 0.367 e. The lowest BCUT2D eigenvalue weighted by atomic mass is 10.0. The van der Waals surface area contributed by atoms with E-state index in [-0.39, 0.29) is 0 Å². The van der Waals surface area contributed by atoms with Crippen LogP contribution in [0.4, 0.5) is 5.82 Å². The fraction of sp³-hybridized carbons (Fsp3) is 0.368. The van der Waals surface area contributed by atoms with E-state index in [0.29, 0.717) is 5.92 Å². The van der Waals surface area contributed by atoms with Gasteiger partial charge in [-0.2, -0.15) is 0 Å². The van der Waals surface area contributed by atoms with Crippen LogP contribution in [-0.2, 0) is 6.54 Å². The summed E-state index contributed by atoms with van der Waals surface area (Å²) in [7, 11) is 4.17. The monoisotopic (exact) mass is 323 g/mol. The van der Waals surface area contributed by atoms with Crippen molar-refractivity contribution in [3.8, 4) is 11.3 Å². The average molecular weight is 323 g/mol. The molecule has 0 aliphatic heterocycles. The van der Waals surface area contributed by atoms with Gasteiger partial charge in [-0.05, 0) is 25.6 Å². The van der Waals surface area contributed by atoms with E-state index >= 15 is 0 Å². The van der Waals surface area contributed by atoms with Crippen molar-refractivity contribution in [3.05, 3.63) is 48.4 Å². The van der Waals surface area contributed by atoms with E-state index in [1.54, 1.807) is 0 Å². The van der Waals surface area contributed by atoms with Crippen molar-refractivity contribution in [1.29, 1.82) is 0 Å². The van der Waals surface area contributed by atoms with Gasteiger partial charge >= 0.3 is 0 Å². The number of aromatic nitrogens is 3. The van der Waals surface area contributed by atoms with Gasteiger partial charge in [0.25, 0.3) is 0 Å². The fourth-order valence-corrected chi connectivity index (χ4v) is 2.79. The number of nitrogens with one attached hydrogen (secondary N) is 1. The van der Waals surface area contributed by atoms with Crippen LogP contribution in [0.15, 0.2) is 42.9 Å². The van der Waals surface area contributed by atoms with Crippen LogP contribution in [-0.4, -0.2) is 39.9 Å². The third kappa shape index (κ3) is 3.41. The van der Waals surface area contributed by atoms with Crippen molar-refractivity contribution in [2.75, 3.05) is 26.0 Å². The molecule has 0 unspecified atom stereocenters. The van der Waals surface area contributed by atoms with Crippen LogP contribution in [0.1, 0.15) is 19.4 Å². The normalized spacial score (nSPS) is 11.6. The summed E-state index contributed by atoms with van der Waals surface area (Å²) >= 11 is 0. The van der Waals surface area contributed by atoms with E-state index in [1.807, 2.05) is 18.6 Å². The number of rotatable bonds is 6. The van der Waals surface area contributed by atoms with Gasteiger partial charge in [0.1, 0.15) is 0 Å². The van der Waals surface area contributed by atoms with Crippen LogP contribution in [0.25, 0.3) is 16.9 Å². The Kier molecular flexibility index (Phi) is 4.81. The first-order chi connectivity index (χ1) is 11.6. The molecule has 0 fully saturated rings. The fourth-order valence-electron chi connectivity index (χ4n) is 2.79. The van der Waals surface area contributed by atoms with Crippen LogP contribution < -0.4 is 5.32 Å². The molecule has 0 radical (unpaired) electrons. The average Bonchev–Trinajstić information content (AvgIpc) is 3.02. The molecule has 3 rings (SSSR count). The Morgan fingerprint density at radius 3 is 2.71 bits per heavy atom. The van der Waals surface area contributed by atoms with Crippen molar-refractivity contribution >= 4 is 11.5 Å². The van der Waals surface area contributed by atoms with Crippen LogP contribution in [0, 0.1) is 5.92 Å². The predicted molar refractivity (Wildman–Crippen MR) is 99.1 cm³/mol. The number of nitrogens with zero attached hydrogens (tertiary/aromatic N) is 4. The SMILES string of the molecule is CC(C)CNc1ncc(-c2ccccc2CN(C)C)n2ccnc12. The summed E-state index contributed by atoms with van der Waals surface area (Å²) in [5, 5.41) is 3.40. The van der Waals surface area contributed by atoms with Gasteiger partial charge in [-0.3, -0.25) is 4.40 Å². The molecule has 2 aromatic heterocycles. The van der Waals surface area contributed by atoms with E-state index in [0.717, 1.165) is 30.2 Å². The third-order valence-electron chi connectivity index (χ3n) is 3.89. The van der Waals surface area contributed by atoms with Gasteiger partial charge in [-0.25, -0.2) is 9.97 Å². The lowest BCUT2D eigenvalue weighted by Gasteiger charge is -2.16. The molecule has 1 N–H and O–H groups in total. The zero-order valence-corrected chi connectivity index (χ0v) is 14.8. The zero-order valence-electron chi connectivity index (χ0n) is 14.8. The van der Waals surface area contributed by atoms with Gasteiger partial charge in [0.15, 0.2) is 11.5 Å². The first kappa shape index (κ1) is 16.5. The predicted octanol–water partition coefficient (Wildman–Crippen LogP) is 3.53. The molecule has 0 bridgehead atoms. The van der Waals surface area contributed by atoms with E-state index in [1.165, 1.54) is 11.1 Å².